The van der Waals surface area contributed by atoms with E-state index in [4.69, 9.17) is 15.9 Å². The number of nitrogens with zero attached hydrogens (tertiary/aromatic N) is 2. The minimum atomic E-state index is -0.602. The number of hydrogen-bond donors (Lipinski definition) is 3. The Morgan fingerprint density at radius 2 is 1.86 bits per heavy atom. The molecule has 1 amide bonds. The van der Waals surface area contributed by atoms with Gasteiger partial charge in [0.1, 0.15) is 23.6 Å². The highest BCUT2D eigenvalue weighted by atomic mass is 16.6. The fraction of sp³-hybridized carbons (Fsp3) is 0.238. The van der Waals surface area contributed by atoms with Gasteiger partial charge in [-0.1, -0.05) is 24.3 Å². The van der Waals surface area contributed by atoms with Crippen molar-refractivity contribution in [2.45, 2.75) is 26.4 Å². The number of rotatable bonds is 5. The number of carbonyl (C=O) groups is 2. The van der Waals surface area contributed by atoms with Gasteiger partial charge in [-0.25, -0.2) is 4.98 Å². The summed E-state index contributed by atoms with van der Waals surface area (Å²) in [6, 6.07) is 10.5. The number of nitrogens with one attached hydrogen (secondary N) is 2. The molecule has 150 valence electrons. The Hall–Kier alpha value is -3.68. The Morgan fingerprint density at radius 3 is 2.48 bits per heavy atom. The van der Waals surface area contributed by atoms with E-state index in [1.165, 1.54) is 0 Å². The summed E-state index contributed by atoms with van der Waals surface area (Å²) >= 11 is 0. The minimum absolute atomic E-state index is 0.00795. The monoisotopic (exact) mass is 393 g/mol. The summed E-state index contributed by atoms with van der Waals surface area (Å²) in [5.74, 6) is -0.869. The van der Waals surface area contributed by atoms with Crippen LogP contribution < -0.4 is 11.1 Å². The van der Waals surface area contributed by atoms with Gasteiger partial charge in [-0.15, -0.1) is 0 Å². The number of ether oxygens (including phenoxy) is 1. The zero-order chi connectivity index (χ0) is 21.2. The van der Waals surface area contributed by atoms with Crippen molar-refractivity contribution >= 4 is 23.4 Å². The average molecular weight is 393 g/mol. The van der Waals surface area contributed by atoms with Gasteiger partial charge in [-0.05, 0) is 32.9 Å². The molecule has 0 saturated heterocycles. The number of aromatic nitrogens is 2. The number of amidine groups is 1. The minimum Gasteiger partial charge on any atom is -0.459 e. The summed E-state index contributed by atoms with van der Waals surface area (Å²) in [5.41, 5.74) is 8.11. The van der Waals surface area contributed by atoms with E-state index >= 15 is 0 Å². The Labute approximate surface area is 168 Å². The number of fused-ring (bicyclic) bond motifs is 1. The predicted octanol–water partition coefficient (Wildman–Crippen LogP) is 2.36. The molecule has 0 atom stereocenters. The molecule has 0 spiro atoms. The molecule has 3 aromatic rings. The van der Waals surface area contributed by atoms with Crippen LogP contribution in [0.15, 0.2) is 48.8 Å². The first-order valence-electron chi connectivity index (χ1n) is 9.06. The Kier molecular flexibility index (Phi) is 5.36. The highest BCUT2D eigenvalue weighted by Gasteiger charge is 2.17. The Balaban J connectivity index is 1.74. The van der Waals surface area contributed by atoms with Gasteiger partial charge in [0.05, 0.1) is 5.69 Å². The second kappa shape index (κ2) is 7.75. The van der Waals surface area contributed by atoms with Gasteiger partial charge >= 0.3 is 5.97 Å². The molecule has 0 aliphatic heterocycles. The molecule has 8 nitrogen and oxygen atoms in total. The van der Waals surface area contributed by atoms with Gasteiger partial charge in [0.15, 0.2) is 0 Å². The van der Waals surface area contributed by atoms with Gasteiger partial charge in [0.25, 0.3) is 5.91 Å². The van der Waals surface area contributed by atoms with Crippen LogP contribution in [0, 0.1) is 5.41 Å². The standard InChI is InChI=1S/C21H23N5O3/c1-21(2,3)29-18(27)11-24-20(28)15-8-9-26-12-16(25-17(26)10-15)13-4-6-14(7-5-13)19(22)23/h4-10,12H,11H2,1-3H3,(H3,22,23)(H,24,28). The van der Waals surface area contributed by atoms with Crippen LogP contribution in [-0.2, 0) is 9.53 Å². The number of nitrogen functional groups attached to an aromatic ring is 1. The molecule has 1 aromatic carbocycles. The largest absolute Gasteiger partial charge is 0.459 e. The Bertz CT molecular complexity index is 1080. The van der Waals surface area contributed by atoms with Crippen molar-refractivity contribution in [3.8, 4) is 11.3 Å². The van der Waals surface area contributed by atoms with Gasteiger partial charge in [-0.2, -0.15) is 0 Å². The molecule has 0 bridgehead atoms. The molecule has 0 fully saturated rings. The quantitative estimate of drug-likeness (QED) is 0.349. The van der Waals surface area contributed by atoms with Gasteiger partial charge in [0.2, 0.25) is 0 Å². The maximum absolute atomic E-state index is 12.3. The fourth-order valence-corrected chi connectivity index (χ4v) is 2.71. The van der Waals surface area contributed by atoms with E-state index in [1.54, 1.807) is 55.6 Å². The van der Waals surface area contributed by atoms with Crippen molar-refractivity contribution in [3.05, 3.63) is 59.9 Å². The van der Waals surface area contributed by atoms with E-state index in [1.807, 2.05) is 18.3 Å². The molecular weight excluding hydrogens is 370 g/mol. The summed E-state index contributed by atoms with van der Waals surface area (Å²) in [6.07, 6.45) is 3.58. The lowest BCUT2D eigenvalue weighted by molar-refractivity contribution is -0.153. The van der Waals surface area contributed by atoms with E-state index < -0.39 is 11.6 Å². The van der Waals surface area contributed by atoms with Crippen molar-refractivity contribution < 1.29 is 14.3 Å². The predicted molar refractivity (Wildman–Crippen MR) is 110 cm³/mol. The Morgan fingerprint density at radius 1 is 1.17 bits per heavy atom. The van der Waals surface area contributed by atoms with Gasteiger partial charge < -0.3 is 20.2 Å². The van der Waals surface area contributed by atoms with Crippen LogP contribution in [-0.4, -0.2) is 39.2 Å². The lowest BCUT2D eigenvalue weighted by Crippen LogP contribution is -2.34. The van der Waals surface area contributed by atoms with Crippen LogP contribution in [0.5, 0.6) is 0 Å². The second-order valence-corrected chi connectivity index (χ2v) is 7.57. The summed E-state index contributed by atoms with van der Waals surface area (Å²) in [7, 11) is 0. The summed E-state index contributed by atoms with van der Waals surface area (Å²) in [4.78, 5) is 28.7. The molecule has 8 heteroatoms. The van der Waals surface area contributed by atoms with Crippen molar-refractivity contribution in [1.82, 2.24) is 14.7 Å². The molecule has 3 rings (SSSR count). The molecule has 0 unspecified atom stereocenters. The van der Waals surface area contributed by atoms with E-state index in [9.17, 15) is 9.59 Å². The first-order chi connectivity index (χ1) is 13.6. The molecule has 0 radical (unpaired) electrons. The average Bonchev–Trinajstić information content (AvgIpc) is 3.08. The maximum atomic E-state index is 12.3. The molecule has 2 heterocycles. The number of benzene rings is 1. The third-order valence-corrected chi connectivity index (χ3v) is 4.03. The van der Waals surface area contributed by atoms with Crippen molar-refractivity contribution in [2.75, 3.05) is 6.54 Å². The SMILES string of the molecule is CC(C)(C)OC(=O)CNC(=O)c1ccn2cc(-c3ccc(C(=N)N)cc3)nc2c1. The number of hydrogen-bond acceptors (Lipinski definition) is 5. The normalized spacial score (nSPS) is 11.3. The second-order valence-electron chi connectivity index (χ2n) is 7.57. The number of esters is 1. The van der Waals surface area contributed by atoms with E-state index in [2.05, 4.69) is 10.3 Å². The number of imidazole rings is 1. The van der Waals surface area contributed by atoms with E-state index in [0.717, 1.165) is 11.3 Å². The topological polar surface area (TPSA) is 123 Å². The zero-order valence-corrected chi connectivity index (χ0v) is 16.5. The molecule has 29 heavy (non-hydrogen) atoms. The first-order valence-corrected chi connectivity index (χ1v) is 9.06. The summed E-state index contributed by atoms with van der Waals surface area (Å²) in [5, 5.41) is 10.0. The number of pyridine rings is 1. The molecule has 4 N–H and O–H groups in total. The molecule has 2 aromatic heterocycles. The number of nitrogens with two attached hydrogens (primary N) is 1. The van der Waals surface area contributed by atoms with E-state index in [0.29, 0.717) is 16.8 Å². The fourth-order valence-electron chi connectivity index (χ4n) is 2.71. The van der Waals surface area contributed by atoms with Crippen molar-refractivity contribution in [3.63, 3.8) is 0 Å². The van der Waals surface area contributed by atoms with Gasteiger partial charge in [0, 0.05) is 29.1 Å². The first kappa shape index (κ1) is 20.1. The molecule has 0 aliphatic carbocycles. The third-order valence-electron chi connectivity index (χ3n) is 4.03. The highest BCUT2D eigenvalue weighted by Crippen LogP contribution is 2.20. The van der Waals surface area contributed by atoms with Crippen LogP contribution in [0.25, 0.3) is 16.9 Å². The number of carbonyl (C=O) groups excluding carboxylic acids is 2. The van der Waals surface area contributed by atoms with Gasteiger partial charge in [-0.3, -0.25) is 15.0 Å². The molecule has 0 saturated carbocycles. The summed E-state index contributed by atoms with van der Waals surface area (Å²) < 4.78 is 6.98. The lowest BCUT2D eigenvalue weighted by atomic mass is 10.1. The third kappa shape index (κ3) is 4.98. The summed E-state index contributed by atoms with van der Waals surface area (Å²) in [6.45, 7) is 5.10. The smallest absolute Gasteiger partial charge is 0.325 e. The van der Waals surface area contributed by atoms with Crippen LogP contribution in [0.3, 0.4) is 0 Å². The molecule has 0 aliphatic rings. The highest BCUT2D eigenvalue weighted by molar-refractivity contribution is 5.97. The number of amides is 1. The lowest BCUT2D eigenvalue weighted by Gasteiger charge is -2.19. The van der Waals surface area contributed by atoms with Crippen LogP contribution >= 0.6 is 0 Å². The molecular formula is C21H23N5O3. The maximum Gasteiger partial charge on any atom is 0.325 e. The van der Waals surface area contributed by atoms with E-state index in [-0.39, 0.29) is 18.3 Å². The van der Waals surface area contributed by atoms with Crippen LogP contribution in [0.2, 0.25) is 0 Å². The van der Waals surface area contributed by atoms with Crippen LogP contribution in [0.4, 0.5) is 0 Å². The van der Waals surface area contributed by atoms with Crippen molar-refractivity contribution in [1.29, 1.82) is 5.41 Å². The van der Waals surface area contributed by atoms with Crippen molar-refractivity contribution in [2.24, 2.45) is 5.73 Å². The zero-order valence-electron chi connectivity index (χ0n) is 16.5. The van der Waals surface area contributed by atoms with Crippen LogP contribution in [0.1, 0.15) is 36.7 Å².